The molecule has 4 N–H and O–H groups in total. The van der Waals surface area contributed by atoms with Crippen molar-refractivity contribution in [3.05, 3.63) is 0 Å². The maximum Gasteiger partial charge on any atom is 0.317 e. The Morgan fingerprint density at radius 2 is 1.22 bits per heavy atom. The highest BCUT2D eigenvalue weighted by Gasteiger charge is 2.32. The molecule has 1 rings (SSSR count). The maximum absolute atomic E-state index is 11.0. The lowest BCUT2D eigenvalue weighted by molar-refractivity contribution is -0.157. The first kappa shape index (κ1) is 22.9. The summed E-state index contributed by atoms with van der Waals surface area (Å²) in [7, 11) is 0. The molecule has 1 fully saturated rings. The lowest BCUT2D eigenvalue weighted by Gasteiger charge is -2.37. The van der Waals surface area contributed by atoms with Gasteiger partial charge in [0.25, 0.3) is 0 Å². The van der Waals surface area contributed by atoms with Crippen LogP contribution in [0.3, 0.4) is 0 Å². The second kappa shape index (κ2) is 10.9. The summed E-state index contributed by atoms with van der Waals surface area (Å²) in [4.78, 5) is 43.9. The molecule has 0 aromatic heterocycles. The van der Waals surface area contributed by atoms with Gasteiger partial charge < -0.3 is 20.4 Å². The van der Waals surface area contributed by atoms with E-state index in [2.05, 4.69) is 6.92 Å². The molecule has 0 aromatic carbocycles. The van der Waals surface area contributed by atoms with Crippen LogP contribution in [0.5, 0.6) is 0 Å². The first-order valence-corrected chi connectivity index (χ1v) is 9.56. The number of hydrogen-bond acceptors (Lipinski definition) is 4. The number of hydrogen-bond donors (Lipinski definition) is 4. The molecule has 0 bridgehead atoms. The molecule has 1 saturated carbocycles. The summed E-state index contributed by atoms with van der Waals surface area (Å²) >= 11 is 0. The number of carboxylic acids is 4. The number of carboxylic acid groups (broad SMARTS) is 4. The van der Waals surface area contributed by atoms with E-state index in [0.29, 0.717) is 30.6 Å². The molecule has 0 radical (unpaired) electrons. The Labute approximate surface area is 158 Å². The van der Waals surface area contributed by atoms with Gasteiger partial charge in [-0.3, -0.25) is 19.2 Å². The molecular formula is C19H30O8. The molecule has 8 heteroatoms. The second-order valence-electron chi connectivity index (χ2n) is 7.65. The molecule has 0 amide bonds. The van der Waals surface area contributed by atoms with Crippen LogP contribution in [0.4, 0.5) is 0 Å². The molecule has 0 aromatic rings. The first-order valence-electron chi connectivity index (χ1n) is 9.56. The van der Waals surface area contributed by atoms with E-state index in [-0.39, 0.29) is 12.8 Å². The SMILES string of the molecule is CC1CCCC(CCCC(C(=O)O)C(=O)O)C1CCCC(C(=O)O)C(=O)O. The Balaban J connectivity index is 2.56. The van der Waals surface area contributed by atoms with Crippen LogP contribution >= 0.6 is 0 Å². The normalized spacial score (nSPS) is 22.7. The van der Waals surface area contributed by atoms with Gasteiger partial charge in [0.2, 0.25) is 0 Å². The Kier molecular flexibility index (Phi) is 9.25. The van der Waals surface area contributed by atoms with Crippen molar-refractivity contribution in [3.63, 3.8) is 0 Å². The Morgan fingerprint density at radius 3 is 1.67 bits per heavy atom. The van der Waals surface area contributed by atoms with Gasteiger partial charge in [0.1, 0.15) is 0 Å². The lowest BCUT2D eigenvalue weighted by atomic mass is 9.68. The minimum atomic E-state index is -1.38. The van der Waals surface area contributed by atoms with Crippen LogP contribution in [0, 0.1) is 29.6 Å². The highest BCUT2D eigenvalue weighted by molar-refractivity contribution is 5.93. The van der Waals surface area contributed by atoms with Gasteiger partial charge in [0.15, 0.2) is 11.8 Å². The fourth-order valence-corrected chi connectivity index (χ4v) is 4.32. The third-order valence-corrected chi connectivity index (χ3v) is 5.86. The van der Waals surface area contributed by atoms with E-state index in [1.807, 2.05) is 0 Å². The Bertz CT molecular complexity index is 516. The third kappa shape index (κ3) is 7.19. The number of aliphatic carboxylic acids is 4. The minimum absolute atomic E-state index is 0.0979. The summed E-state index contributed by atoms with van der Waals surface area (Å²) in [6.07, 6.45) is 5.83. The van der Waals surface area contributed by atoms with Gasteiger partial charge in [-0.15, -0.1) is 0 Å². The van der Waals surface area contributed by atoms with E-state index in [9.17, 15) is 19.2 Å². The van der Waals surface area contributed by atoms with Crippen molar-refractivity contribution < 1.29 is 39.6 Å². The standard InChI is InChI=1S/C19H30O8/c1-11-5-2-6-12(7-3-9-14(16(20)21)17(22)23)13(11)8-4-10-15(18(24)25)19(26)27/h11-15H,2-10H2,1H3,(H,20,21)(H,22,23)(H,24,25)(H,26,27). The van der Waals surface area contributed by atoms with E-state index in [0.717, 1.165) is 32.1 Å². The van der Waals surface area contributed by atoms with E-state index >= 15 is 0 Å². The Morgan fingerprint density at radius 1 is 0.778 bits per heavy atom. The zero-order chi connectivity index (χ0) is 20.6. The summed E-state index contributed by atoms with van der Waals surface area (Å²) < 4.78 is 0. The van der Waals surface area contributed by atoms with Crippen LogP contribution in [0.2, 0.25) is 0 Å². The second-order valence-corrected chi connectivity index (χ2v) is 7.65. The zero-order valence-electron chi connectivity index (χ0n) is 15.7. The fourth-order valence-electron chi connectivity index (χ4n) is 4.32. The van der Waals surface area contributed by atoms with Crippen molar-refractivity contribution in [2.24, 2.45) is 29.6 Å². The largest absolute Gasteiger partial charge is 0.481 e. The molecule has 8 nitrogen and oxygen atoms in total. The van der Waals surface area contributed by atoms with Crippen molar-refractivity contribution in [1.29, 1.82) is 0 Å². The summed E-state index contributed by atoms with van der Waals surface area (Å²) in [6.45, 7) is 2.14. The Hall–Kier alpha value is -2.12. The summed E-state index contributed by atoms with van der Waals surface area (Å²) in [5.74, 6) is -6.92. The van der Waals surface area contributed by atoms with Crippen molar-refractivity contribution in [2.45, 2.75) is 64.7 Å². The lowest BCUT2D eigenvalue weighted by Crippen LogP contribution is -2.28. The third-order valence-electron chi connectivity index (χ3n) is 5.86. The van der Waals surface area contributed by atoms with E-state index < -0.39 is 35.7 Å². The van der Waals surface area contributed by atoms with Crippen LogP contribution in [0.25, 0.3) is 0 Å². The average molecular weight is 386 g/mol. The van der Waals surface area contributed by atoms with Gasteiger partial charge in [-0.25, -0.2) is 0 Å². The quantitative estimate of drug-likeness (QED) is 0.374. The van der Waals surface area contributed by atoms with Gasteiger partial charge in [-0.05, 0) is 37.0 Å². The van der Waals surface area contributed by atoms with Crippen LogP contribution in [-0.2, 0) is 19.2 Å². The predicted molar refractivity (Wildman–Crippen MR) is 95.2 cm³/mol. The van der Waals surface area contributed by atoms with Crippen LogP contribution < -0.4 is 0 Å². The molecule has 1 aliphatic carbocycles. The zero-order valence-corrected chi connectivity index (χ0v) is 15.7. The van der Waals surface area contributed by atoms with Crippen LogP contribution in [0.1, 0.15) is 64.7 Å². The predicted octanol–water partition coefficient (Wildman–Crippen LogP) is 2.95. The smallest absolute Gasteiger partial charge is 0.317 e. The highest BCUT2D eigenvalue weighted by atomic mass is 16.4. The molecule has 0 heterocycles. The summed E-state index contributed by atoms with van der Waals surface area (Å²) in [6, 6.07) is 0. The topological polar surface area (TPSA) is 149 Å². The maximum atomic E-state index is 11.0. The van der Waals surface area contributed by atoms with E-state index in [1.54, 1.807) is 0 Å². The monoisotopic (exact) mass is 386 g/mol. The average Bonchev–Trinajstić information content (AvgIpc) is 2.55. The molecule has 0 saturated heterocycles. The first-order chi connectivity index (χ1) is 12.6. The molecule has 154 valence electrons. The van der Waals surface area contributed by atoms with E-state index in [1.165, 1.54) is 0 Å². The minimum Gasteiger partial charge on any atom is -0.481 e. The summed E-state index contributed by atoms with van der Waals surface area (Å²) in [5, 5.41) is 35.8. The van der Waals surface area contributed by atoms with Gasteiger partial charge in [0, 0.05) is 0 Å². The van der Waals surface area contributed by atoms with Gasteiger partial charge in [0.05, 0.1) is 0 Å². The van der Waals surface area contributed by atoms with Gasteiger partial charge in [-0.2, -0.15) is 0 Å². The molecule has 1 aliphatic rings. The highest BCUT2D eigenvalue weighted by Crippen LogP contribution is 2.40. The van der Waals surface area contributed by atoms with Gasteiger partial charge >= 0.3 is 23.9 Å². The number of rotatable bonds is 12. The summed E-state index contributed by atoms with van der Waals surface area (Å²) in [5.41, 5.74) is 0. The molecule has 3 atom stereocenters. The van der Waals surface area contributed by atoms with Crippen LogP contribution in [-0.4, -0.2) is 44.3 Å². The molecular weight excluding hydrogens is 356 g/mol. The van der Waals surface area contributed by atoms with Crippen molar-refractivity contribution in [3.8, 4) is 0 Å². The molecule has 3 unspecified atom stereocenters. The van der Waals surface area contributed by atoms with Crippen molar-refractivity contribution >= 4 is 23.9 Å². The fraction of sp³-hybridized carbons (Fsp3) is 0.789. The molecule has 27 heavy (non-hydrogen) atoms. The van der Waals surface area contributed by atoms with Crippen molar-refractivity contribution in [2.75, 3.05) is 0 Å². The van der Waals surface area contributed by atoms with Crippen molar-refractivity contribution in [1.82, 2.24) is 0 Å². The van der Waals surface area contributed by atoms with Gasteiger partial charge in [-0.1, -0.05) is 45.4 Å². The molecule has 0 spiro atoms. The molecule has 0 aliphatic heterocycles. The van der Waals surface area contributed by atoms with Crippen LogP contribution in [0.15, 0.2) is 0 Å². The number of carbonyl (C=O) groups is 4. The van der Waals surface area contributed by atoms with E-state index in [4.69, 9.17) is 20.4 Å².